The van der Waals surface area contributed by atoms with E-state index in [2.05, 4.69) is 10.7 Å². The van der Waals surface area contributed by atoms with Gasteiger partial charge < -0.3 is 21.0 Å². The summed E-state index contributed by atoms with van der Waals surface area (Å²) in [6, 6.07) is 6.82. The van der Waals surface area contributed by atoms with E-state index in [1.165, 1.54) is 6.92 Å². The van der Waals surface area contributed by atoms with E-state index in [1.807, 2.05) is 0 Å². The van der Waals surface area contributed by atoms with Crippen LogP contribution in [0.1, 0.15) is 18.6 Å². The molecule has 0 saturated carbocycles. The fraction of sp³-hybridized carbons (Fsp3) is 0.364. The fourth-order valence-electron chi connectivity index (χ4n) is 1.45. The first-order valence-corrected chi connectivity index (χ1v) is 5.22. The van der Waals surface area contributed by atoms with Gasteiger partial charge in [-0.15, -0.1) is 0 Å². The molecule has 1 aromatic carbocycles. The smallest absolute Gasteiger partial charge is 0.216 e. The molecule has 17 heavy (non-hydrogen) atoms. The van der Waals surface area contributed by atoms with Crippen molar-refractivity contribution in [3.63, 3.8) is 0 Å². The number of anilines is 1. The number of aliphatic hydroxyl groups is 2. The van der Waals surface area contributed by atoms with Crippen LogP contribution in [0.2, 0.25) is 0 Å². The van der Waals surface area contributed by atoms with Crippen molar-refractivity contribution in [3.05, 3.63) is 29.8 Å². The summed E-state index contributed by atoms with van der Waals surface area (Å²) in [5.41, 5.74) is 3.45. The van der Waals surface area contributed by atoms with Crippen molar-refractivity contribution in [1.29, 1.82) is 0 Å². The Morgan fingerprint density at radius 3 is 2.65 bits per heavy atom. The molecule has 0 aromatic heterocycles. The number of nitrogens with one attached hydrogen (secondary N) is 2. The summed E-state index contributed by atoms with van der Waals surface area (Å²) in [4.78, 5) is 10.7. The van der Waals surface area contributed by atoms with Gasteiger partial charge in [0.15, 0.2) is 0 Å². The van der Waals surface area contributed by atoms with E-state index in [0.717, 1.165) is 0 Å². The lowest BCUT2D eigenvalue weighted by Crippen LogP contribution is -2.34. The van der Waals surface area contributed by atoms with E-state index in [0.29, 0.717) is 11.3 Å². The average Bonchev–Trinajstić information content (AvgIpc) is 2.34. The molecule has 0 saturated heterocycles. The lowest BCUT2D eigenvalue weighted by Gasteiger charge is -2.20. The summed E-state index contributed by atoms with van der Waals surface area (Å²) in [6.45, 7) is 1.32. The zero-order valence-corrected chi connectivity index (χ0v) is 9.55. The van der Waals surface area contributed by atoms with Crippen molar-refractivity contribution in [1.82, 2.24) is 5.32 Å². The average molecular weight is 239 g/mol. The van der Waals surface area contributed by atoms with Crippen LogP contribution in [0.4, 0.5) is 5.69 Å². The number of carbonyl (C=O) groups is 1. The zero-order valence-electron chi connectivity index (χ0n) is 9.55. The summed E-state index contributed by atoms with van der Waals surface area (Å²) in [7, 11) is 0. The molecule has 0 aliphatic heterocycles. The lowest BCUT2D eigenvalue weighted by atomic mass is 10.0. The lowest BCUT2D eigenvalue weighted by molar-refractivity contribution is -0.119. The third kappa shape index (κ3) is 3.70. The molecule has 0 fully saturated rings. The van der Waals surface area contributed by atoms with Crippen molar-refractivity contribution >= 4 is 11.6 Å². The second-order valence-corrected chi connectivity index (χ2v) is 3.68. The highest BCUT2D eigenvalue weighted by molar-refractivity contribution is 5.72. The van der Waals surface area contributed by atoms with Crippen LogP contribution in [0.3, 0.4) is 0 Å². The van der Waals surface area contributed by atoms with Gasteiger partial charge in [0.2, 0.25) is 5.91 Å². The molecular weight excluding hydrogens is 222 g/mol. The molecule has 0 aliphatic carbocycles. The Labute approximate surface area is 99.4 Å². The van der Waals surface area contributed by atoms with Crippen LogP contribution in [0, 0.1) is 0 Å². The second-order valence-electron chi connectivity index (χ2n) is 3.68. The van der Waals surface area contributed by atoms with Gasteiger partial charge in [0.25, 0.3) is 0 Å². The van der Waals surface area contributed by atoms with Crippen molar-refractivity contribution < 1.29 is 15.0 Å². The Hall–Kier alpha value is -1.63. The van der Waals surface area contributed by atoms with Gasteiger partial charge in [-0.05, 0) is 6.07 Å². The molecule has 2 unspecified atom stereocenters. The maximum Gasteiger partial charge on any atom is 0.216 e. The Morgan fingerprint density at radius 2 is 2.06 bits per heavy atom. The first-order chi connectivity index (χ1) is 8.06. The highest BCUT2D eigenvalue weighted by Gasteiger charge is 2.20. The van der Waals surface area contributed by atoms with E-state index in [4.69, 9.17) is 5.84 Å². The van der Waals surface area contributed by atoms with E-state index in [9.17, 15) is 15.0 Å². The molecule has 1 amide bonds. The monoisotopic (exact) mass is 239 g/mol. The van der Waals surface area contributed by atoms with Crippen molar-refractivity contribution in [2.45, 2.75) is 19.1 Å². The Balaban J connectivity index is 2.73. The van der Waals surface area contributed by atoms with Gasteiger partial charge in [-0.2, -0.15) is 0 Å². The largest absolute Gasteiger partial charge is 0.388 e. The molecular formula is C11H17N3O3. The minimum absolute atomic E-state index is 0.0184. The normalized spacial score (nSPS) is 13.9. The Morgan fingerprint density at radius 1 is 1.41 bits per heavy atom. The van der Waals surface area contributed by atoms with Gasteiger partial charge in [0.1, 0.15) is 12.2 Å². The van der Waals surface area contributed by atoms with Crippen molar-refractivity contribution in [2.24, 2.45) is 5.84 Å². The molecule has 0 radical (unpaired) electrons. The number of aliphatic hydroxyl groups excluding tert-OH is 2. The van der Waals surface area contributed by atoms with Gasteiger partial charge >= 0.3 is 0 Å². The van der Waals surface area contributed by atoms with Crippen molar-refractivity contribution in [3.8, 4) is 0 Å². The van der Waals surface area contributed by atoms with Crippen LogP contribution >= 0.6 is 0 Å². The summed E-state index contributed by atoms with van der Waals surface area (Å²) in [5, 5.41) is 22.1. The van der Waals surface area contributed by atoms with E-state index in [1.54, 1.807) is 24.3 Å². The Kier molecular flexibility index (Phi) is 4.89. The van der Waals surface area contributed by atoms with Gasteiger partial charge in [0, 0.05) is 19.0 Å². The number of nitrogens with two attached hydrogens (primary N) is 1. The highest BCUT2D eigenvalue weighted by atomic mass is 16.3. The molecule has 6 heteroatoms. The molecule has 1 aromatic rings. The topological polar surface area (TPSA) is 108 Å². The predicted octanol–water partition coefficient (Wildman–Crippen LogP) is -0.497. The Bertz CT molecular complexity index is 384. The zero-order chi connectivity index (χ0) is 12.8. The van der Waals surface area contributed by atoms with Gasteiger partial charge in [-0.1, -0.05) is 18.2 Å². The van der Waals surface area contributed by atoms with Crippen LogP contribution in [-0.4, -0.2) is 28.8 Å². The van der Waals surface area contributed by atoms with Crippen LogP contribution in [-0.2, 0) is 4.79 Å². The molecule has 0 heterocycles. The molecule has 6 nitrogen and oxygen atoms in total. The number of para-hydroxylation sites is 1. The molecule has 94 valence electrons. The number of amides is 1. The number of nitrogen functional groups attached to an aromatic ring is 1. The molecule has 2 atom stereocenters. The predicted molar refractivity (Wildman–Crippen MR) is 63.9 cm³/mol. The maximum absolute atomic E-state index is 10.7. The minimum atomic E-state index is -1.12. The van der Waals surface area contributed by atoms with Gasteiger partial charge in [-0.25, -0.2) is 0 Å². The summed E-state index contributed by atoms with van der Waals surface area (Å²) in [5.74, 6) is 5.04. The van der Waals surface area contributed by atoms with Crippen LogP contribution in [0.5, 0.6) is 0 Å². The van der Waals surface area contributed by atoms with Crippen LogP contribution < -0.4 is 16.6 Å². The fourth-order valence-corrected chi connectivity index (χ4v) is 1.45. The highest BCUT2D eigenvalue weighted by Crippen LogP contribution is 2.24. The third-order valence-electron chi connectivity index (χ3n) is 2.36. The minimum Gasteiger partial charge on any atom is -0.388 e. The molecule has 0 aliphatic rings. The van der Waals surface area contributed by atoms with Gasteiger partial charge in [0.05, 0.1) is 5.69 Å². The van der Waals surface area contributed by atoms with Gasteiger partial charge in [-0.3, -0.25) is 10.6 Å². The first-order valence-electron chi connectivity index (χ1n) is 5.22. The van der Waals surface area contributed by atoms with E-state index < -0.39 is 12.2 Å². The number of hydrogen-bond acceptors (Lipinski definition) is 5. The van der Waals surface area contributed by atoms with Crippen LogP contribution in [0.25, 0.3) is 0 Å². The number of carbonyl (C=O) groups excluding carboxylic acids is 1. The standard InChI is InChI=1S/C11H17N3O3/c1-7(15)13-6-10(16)11(17)8-4-2-3-5-9(8)14-12/h2-5,10-11,14,16-17H,6,12H2,1H3,(H,13,15). The summed E-state index contributed by atoms with van der Waals surface area (Å²) < 4.78 is 0. The molecule has 1 rings (SSSR count). The molecule has 0 spiro atoms. The maximum atomic E-state index is 10.7. The third-order valence-corrected chi connectivity index (χ3v) is 2.36. The summed E-state index contributed by atoms with van der Waals surface area (Å²) >= 11 is 0. The number of hydrazine groups is 1. The van der Waals surface area contributed by atoms with E-state index in [-0.39, 0.29) is 12.5 Å². The number of benzene rings is 1. The molecule has 0 bridgehead atoms. The van der Waals surface area contributed by atoms with E-state index >= 15 is 0 Å². The number of rotatable bonds is 5. The number of hydrogen-bond donors (Lipinski definition) is 5. The SMILES string of the molecule is CC(=O)NCC(O)C(O)c1ccccc1NN. The molecule has 6 N–H and O–H groups in total. The van der Waals surface area contributed by atoms with Crippen LogP contribution in [0.15, 0.2) is 24.3 Å². The van der Waals surface area contributed by atoms with Crippen molar-refractivity contribution in [2.75, 3.05) is 12.0 Å². The quantitative estimate of drug-likeness (QED) is 0.352. The summed E-state index contributed by atoms with van der Waals surface area (Å²) in [6.07, 6.45) is -2.21. The first kappa shape index (κ1) is 13.4. The second kappa shape index (κ2) is 6.19.